The maximum Gasteiger partial charge on any atom is 0.307 e. The normalized spacial score (nSPS) is 20.8. The summed E-state index contributed by atoms with van der Waals surface area (Å²) in [4.78, 5) is 27.3. The van der Waals surface area contributed by atoms with E-state index in [2.05, 4.69) is 5.92 Å². The Hall–Kier alpha value is -2.53. The highest BCUT2D eigenvalue weighted by atomic mass is 19.2. The van der Waals surface area contributed by atoms with Gasteiger partial charge in [0.05, 0.1) is 6.42 Å². The number of rotatable bonds is 10. The molecule has 1 fully saturated rings. The first-order chi connectivity index (χ1) is 16.0. The molecular formula is C26H34F3NO4. The van der Waals surface area contributed by atoms with Crippen LogP contribution in [0.15, 0.2) is 12.1 Å². The van der Waals surface area contributed by atoms with Gasteiger partial charge in [-0.05, 0) is 65.5 Å². The molecule has 1 aromatic rings. The van der Waals surface area contributed by atoms with Crippen molar-refractivity contribution in [2.45, 2.75) is 77.4 Å². The number of likely N-dealkylation sites (tertiary alicyclic amines) is 1. The second-order valence-corrected chi connectivity index (χ2v) is 9.68. The number of hydrogen-bond acceptors (Lipinski definition) is 4. The van der Waals surface area contributed by atoms with Crippen molar-refractivity contribution in [2.75, 3.05) is 19.8 Å². The van der Waals surface area contributed by atoms with Gasteiger partial charge in [0, 0.05) is 36.6 Å². The van der Waals surface area contributed by atoms with Crippen molar-refractivity contribution in [3.63, 3.8) is 0 Å². The topological polar surface area (TPSA) is 55.8 Å². The Morgan fingerprint density at radius 1 is 1.18 bits per heavy atom. The number of piperidine rings is 1. The molecule has 0 spiro atoms. The van der Waals surface area contributed by atoms with Crippen molar-refractivity contribution in [2.24, 2.45) is 5.92 Å². The Labute approximate surface area is 200 Å². The van der Waals surface area contributed by atoms with E-state index >= 15 is 0 Å². The zero-order valence-corrected chi connectivity index (χ0v) is 20.3. The molecule has 1 aromatic carbocycles. The van der Waals surface area contributed by atoms with Crippen molar-refractivity contribution in [1.29, 1.82) is 0 Å². The summed E-state index contributed by atoms with van der Waals surface area (Å²) in [5.74, 6) is -3.35. The standard InChI is InChI=1S/C26H34F3NO4/c1-6-13-33-14-9-7-8-12-30-17(2)19(23-20(27)10-11-21(28)24(23)29)15-18(25(30)32)16-22(31)34-26(3,4)5/h1,10-11,17-19H,7-9,12-16H2,2-5H3. The SMILES string of the molecule is C#CCOCCCCCN1C(=O)C(CC(=O)OC(C)(C)C)CC(c2c(F)ccc(F)c2F)C1C. The quantitative estimate of drug-likeness (QED) is 0.205. The molecule has 0 bridgehead atoms. The molecule has 0 radical (unpaired) electrons. The zero-order chi connectivity index (χ0) is 25.5. The molecule has 0 N–H and O–H groups in total. The minimum Gasteiger partial charge on any atom is -0.460 e. The molecule has 1 heterocycles. The lowest BCUT2D eigenvalue weighted by molar-refractivity contribution is -0.160. The number of hydrogen-bond donors (Lipinski definition) is 0. The molecule has 8 heteroatoms. The van der Waals surface area contributed by atoms with Crippen molar-refractivity contribution >= 4 is 11.9 Å². The first-order valence-electron chi connectivity index (χ1n) is 11.6. The van der Waals surface area contributed by atoms with Crippen LogP contribution in [-0.2, 0) is 19.1 Å². The average Bonchev–Trinajstić information content (AvgIpc) is 2.74. The van der Waals surface area contributed by atoms with Gasteiger partial charge in [0.25, 0.3) is 0 Å². The minimum absolute atomic E-state index is 0.0208. The smallest absolute Gasteiger partial charge is 0.307 e. The molecule has 1 saturated heterocycles. The van der Waals surface area contributed by atoms with Crippen LogP contribution in [0.4, 0.5) is 13.2 Å². The highest BCUT2D eigenvalue weighted by Crippen LogP contribution is 2.40. The van der Waals surface area contributed by atoms with E-state index in [-0.39, 0.29) is 30.9 Å². The van der Waals surface area contributed by atoms with E-state index in [1.54, 1.807) is 32.6 Å². The lowest BCUT2D eigenvalue weighted by Gasteiger charge is -2.43. The first kappa shape index (κ1) is 27.7. The number of terminal acetylenes is 1. The molecule has 5 nitrogen and oxygen atoms in total. The zero-order valence-electron chi connectivity index (χ0n) is 20.3. The molecule has 0 aromatic heterocycles. The maximum atomic E-state index is 14.7. The molecule has 188 valence electrons. The van der Waals surface area contributed by atoms with E-state index in [9.17, 15) is 22.8 Å². The number of halogens is 3. The van der Waals surface area contributed by atoms with Crippen LogP contribution in [0.3, 0.4) is 0 Å². The fourth-order valence-electron chi connectivity index (χ4n) is 4.36. The van der Waals surface area contributed by atoms with Gasteiger partial charge in [0.2, 0.25) is 5.91 Å². The molecule has 3 atom stereocenters. The summed E-state index contributed by atoms with van der Waals surface area (Å²) in [5, 5.41) is 0. The van der Waals surface area contributed by atoms with Gasteiger partial charge in [0.15, 0.2) is 11.6 Å². The summed E-state index contributed by atoms with van der Waals surface area (Å²) < 4.78 is 53.9. The number of carbonyl (C=O) groups is 2. The molecule has 3 unspecified atom stereocenters. The number of unbranched alkanes of at least 4 members (excludes halogenated alkanes) is 2. The molecular weight excluding hydrogens is 447 g/mol. The lowest BCUT2D eigenvalue weighted by atomic mass is 9.77. The highest BCUT2D eigenvalue weighted by molar-refractivity contribution is 5.85. The predicted octanol–water partition coefficient (Wildman–Crippen LogP) is 4.98. The van der Waals surface area contributed by atoms with Crippen molar-refractivity contribution in [3.8, 4) is 12.3 Å². The van der Waals surface area contributed by atoms with Gasteiger partial charge in [-0.15, -0.1) is 6.42 Å². The van der Waals surface area contributed by atoms with E-state index in [4.69, 9.17) is 15.9 Å². The molecule has 34 heavy (non-hydrogen) atoms. The van der Waals surface area contributed by atoms with Gasteiger partial charge >= 0.3 is 5.97 Å². The molecule has 1 amide bonds. The van der Waals surface area contributed by atoms with Gasteiger partial charge < -0.3 is 14.4 Å². The summed E-state index contributed by atoms with van der Waals surface area (Å²) in [6, 6.07) is 1.05. The van der Waals surface area contributed by atoms with Crippen molar-refractivity contribution in [3.05, 3.63) is 35.1 Å². The largest absolute Gasteiger partial charge is 0.460 e. The molecule has 0 saturated carbocycles. The summed E-state index contributed by atoms with van der Waals surface area (Å²) >= 11 is 0. The Kier molecular flexibility index (Phi) is 9.99. The Balaban J connectivity index is 2.22. The van der Waals surface area contributed by atoms with Crippen LogP contribution in [0.2, 0.25) is 0 Å². The number of esters is 1. The third kappa shape index (κ3) is 7.49. The van der Waals surface area contributed by atoms with Gasteiger partial charge in [-0.2, -0.15) is 0 Å². The Bertz CT molecular complexity index is 907. The average molecular weight is 482 g/mol. The summed E-state index contributed by atoms with van der Waals surface area (Å²) in [6.45, 7) is 7.93. The number of ether oxygens (including phenoxy) is 2. The van der Waals surface area contributed by atoms with Crippen LogP contribution in [0.5, 0.6) is 0 Å². The van der Waals surface area contributed by atoms with E-state index in [0.717, 1.165) is 25.0 Å². The van der Waals surface area contributed by atoms with Gasteiger partial charge in [-0.3, -0.25) is 9.59 Å². The Morgan fingerprint density at radius 3 is 2.50 bits per heavy atom. The molecule has 2 rings (SSSR count). The second-order valence-electron chi connectivity index (χ2n) is 9.68. The fourth-order valence-corrected chi connectivity index (χ4v) is 4.36. The first-order valence-corrected chi connectivity index (χ1v) is 11.6. The van der Waals surface area contributed by atoms with E-state index in [1.807, 2.05) is 0 Å². The third-order valence-electron chi connectivity index (χ3n) is 5.90. The summed E-state index contributed by atoms with van der Waals surface area (Å²) in [7, 11) is 0. The van der Waals surface area contributed by atoms with E-state index < -0.39 is 46.9 Å². The van der Waals surface area contributed by atoms with E-state index in [0.29, 0.717) is 19.6 Å². The fraction of sp³-hybridized carbons (Fsp3) is 0.615. The molecule has 1 aliphatic heterocycles. The number of nitrogens with zero attached hydrogens (tertiary/aromatic N) is 1. The van der Waals surface area contributed by atoms with Crippen LogP contribution < -0.4 is 0 Å². The van der Waals surface area contributed by atoms with Crippen LogP contribution >= 0.6 is 0 Å². The van der Waals surface area contributed by atoms with Crippen molar-refractivity contribution < 1.29 is 32.2 Å². The van der Waals surface area contributed by atoms with Gasteiger partial charge in [-0.25, -0.2) is 13.2 Å². The third-order valence-corrected chi connectivity index (χ3v) is 5.90. The molecule has 1 aliphatic rings. The van der Waals surface area contributed by atoms with Crippen LogP contribution in [0.1, 0.15) is 71.3 Å². The van der Waals surface area contributed by atoms with Gasteiger partial charge in [0.1, 0.15) is 18.0 Å². The predicted molar refractivity (Wildman–Crippen MR) is 122 cm³/mol. The van der Waals surface area contributed by atoms with E-state index in [1.165, 1.54) is 0 Å². The number of benzene rings is 1. The van der Waals surface area contributed by atoms with Crippen LogP contribution in [-0.4, -0.2) is 48.2 Å². The number of carbonyl (C=O) groups excluding carboxylic acids is 2. The second kappa shape index (κ2) is 12.3. The van der Waals surface area contributed by atoms with Crippen molar-refractivity contribution in [1.82, 2.24) is 4.90 Å². The Morgan fingerprint density at radius 2 is 1.85 bits per heavy atom. The lowest BCUT2D eigenvalue weighted by Crippen LogP contribution is -2.51. The highest BCUT2D eigenvalue weighted by Gasteiger charge is 2.43. The van der Waals surface area contributed by atoms with Gasteiger partial charge in [-0.1, -0.05) is 5.92 Å². The maximum absolute atomic E-state index is 14.7. The van der Waals surface area contributed by atoms with Crippen LogP contribution in [0, 0.1) is 35.7 Å². The molecule has 0 aliphatic carbocycles. The monoisotopic (exact) mass is 481 g/mol. The van der Waals surface area contributed by atoms with Crippen LogP contribution in [0.25, 0.3) is 0 Å². The number of amides is 1. The minimum atomic E-state index is -1.26. The summed E-state index contributed by atoms with van der Waals surface area (Å²) in [6.07, 6.45) is 7.08. The summed E-state index contributed by atoms with van der Waals surface area (Å²) in [5.41, 5.74) is -1.12.